The molecule has 5 nitrogen and oxygen atoms in total. The summed E-state index contributed by atoms with van der Waals surface area (Å²) in [6.07, 6.45) is 1.83. The van der Waals surface area contributed by atoms with E-state index in [9.17, 15) is 4.79 Å². The number of aromatic nitrogens is 1. The van der Waals surface area contributed by atoms with Crippen molar-refractivity contribution in [2.45, 2.75) is 25.8 Å². The normalized spacial score (nSPS) is 16.9. The van der Waals surface area contributed by atoms with Gasteiger partial charge in [0.15, 0.2) is 0 Å². The number of rotatable bonds is 2. The van der Waals surface area contributed by atoms with Crippen LogP contribution in [-0.2, 0) is 0 Å². The van der Waals surface area contributed by atoms with Gasteiger partial charge in [-0.15, -0.1) is 0 Å². The quantitative estimate of drug-likeness (QED) is 0.802. The highest BCUT2D eigenvalue weighted by Gasteiger charge is 2.20. The van der Waals surface area contributed by atoms with Crippen LogP contribution >= 0.6 is 0 Å². The molecule has 0 spiro atoms. The van der Waals surface area contributed by atoms with Crippen LogP contribution in [-0.4, -0.2) is 30.1 Å². The van der Waals surface area contributed by atoms with Gasteiger partial charge in [-0.2, -0.15) is 0 Å². The predicted octanol–water partition coefficient (Wildman–Crippen LogP) is 1.03. The van der Waals surface area contributed by atoms with E-state index < -0.39 is 6.03 Å². The van der Waals surface area contributed by atoms with E-state index in [1.165, 1.54) is 0 Å². The predicted molar refractivity (Wildman–Crippen MR) is 66.9 cm³/mol. The molecule has 0 unspecified atom stereocenters. The van der Waals surface area contributed by atoms with Crippen molar-refractivity contribution < 1.29 is 4.79 Å². The van der Waals surface area contributed by atoms with E-state index in [4.69, 9.17) is 5.73 Å². The molecule has 17 heavy (non-hydrogen) atoms. The molecule has 0 aromatic carbocycles. The number of aryl methyl sites for hydroxylation is 1. The number of carbonyl (C=O) groups excluding carboxylic acids is 1. The Hall–Kier alpha value is -1.78. The first-order valence-corrected chi connectivity index (χ1v) is 5.90. The van der Waals surface area contributed by atoms with Crippen molar-refractivity contribution in [3.63, 3.8) is 0 Å². The van der Waals surface area contributed by atoms with Crippen LogP contribution in [0.25, 0.3) is 0 Å². The zero-order valence-electron chi connectivity index (χ0n) is 10.0. The molecule has 2 heterocycles. The molecule has 5 heteroatoms. The summed E-state index contributed by atoms with van der Waals surface area (Å²) in [6.45, 7) is 3.80. The maximum absolute atomic E-state index is 10.7. The number of urea groups is 1. The first-order chi connectivity index (χ1) is 8.15. The molecular formula is C12H18N4O. The van der Waals surface area contributed by atoms with E-state index in [2.05, 4.69) is 15.2 Å². The Morgan fingerprint density at radius 3 is 2.76 bits per heavy atom. The smallest absolute Gasteiger partial charge is 0.312 e. The molecule has 0 bridgehead atoms. The van der Waals surface area contributed by atoms with Gasteiger partial charge in [0, 0.05) is 24.8 Å². The highest BCUT2D eigenvalue weighted by Crippen LogP contribution is 2.17. The molecular weight excluding hydrogens is 216 g/mol. The largest absolute Gasteiger partial charge is 0.356 e. The topological polar surface area (TPSA) is 71.2 Å². The van der Waals surface area contributed by atoms with Gasteiger partial charge in [0.25, 0.3) is 0 Å². The van der Waals surface area contributed by atoms with Gasteiger partial charge in [-0.05, 0) is 31.9 Å². The summed E-state index contributed by atoms with van der Waals surface area (Å²) in [6, 6.07) is 5.80. The molecule has 2 rings (SSSR count). The average Bonchev–Trinajstić information content (AvgIpc) is 2.29. The molecule has 3 N–H and O–H groups in total. The summed E-state index contributed by atoms with van der Waals surface area (Å²) in [4.78, 5) is 17.5. The van der Waals surface area contributed by atoms with Crippen molar-refractivity contribution in [1.29, 1.82) is 0 Å². The second-order valence-electron chi connectivity index (χ2n) is 4.41. The standard InChI is InChI=1S/C12H18N4O/c1-9-3-2-4-11(14-9)16-7-5-10(6-8-16)15-12(13)17/h2-4,10H,5-8H2,1H3,(H3,13,15,17). The zero-order chi connectivity index (χ0) is 12.3. The molecule has 1 fully saturated rings. The number of hydrogen-bond donors (Lipinski definition) is 2. The van der Waals surface area contributed by atoms with Crippen LogP contribution in [0, 0.1) is 6.92 Å². The Kier molecular flexibility index (Phi) is 3.46. The molecule has 1 aliphatic rings. The molecule has 0 atom stereocenters. The second-order valence-corrected chi connectivity index (χ2v) is 4.41. The lowest BCUT2D eigenvalue weighted by molar-refractivity contribution is 0.242. The lowest BCUT2D eigenvalue weighted by Crippen LogP contribution is -2.46. The monoisotopic (exact) mass is 234 g/mol. The average molecular weight is 234 g/mol. The Balaban J connectivity index is 1.93. The molecule has 0 radical (unpaired) electrons. The Morgan fingerprint density at radius 1 is 1.47 bits per heavy atom. The molecule has 1 aromatic heterocycles. The summed E-state index contributed by atoms with van der Waals surface area (Å²) in [5.74, 6) is 1.02. The summed E-state index contributed by atoms with van der Waals surface area (Å²) >= 11 is 0. The van der Waals surface area contributed by atoms with Gasteiger partial charge in [0.05, 0.1) is 0 Å². The fraction of sp³-hybridized carbons (Fsp3) is 0.500. The minimum atomic E-state index is -0.433. The number of piperidine rings is 1. The fourth-order valence-electron chi connectivity index (χ4n) is 2.16. The molecule has 92 valence electrons. The van der Waals surface area contributed by atoms with Gasteiger partial charge in [-0.25, -0.2) is 9.78 Å². The number of pyridine rings is 1. The number of hydrogen-bond acceptors (Lipinski definition) is 3. The second kappa shape index (κ2) is 5.03. The maximum Gasteiger partial charge on any atom is 0.312 e. The number of nitrogens with zero attached hydrogens (tertiary/aromatic N) is 2. The third-order valence-electron chi connectivity index (χ3n) is 3.04. The Bertz CT molecular complexity index is 399. The van der Waals surface area contributed by atoms with Gasteiger partial charge in [0.1, 0.15) is 5.82 Å². The van der Waals surface area contributed by atoms with E-state index in [-0.39, 0.29) is 6.04 Å². The van der Waals surface area contributed by atoms with Crippen LogP contribution in [0.15, 0.2) is 18.2 Å². The molecule has 2 amide bonds. The van der Waals surface area contributed by atoms with E-state index in [0.29, 0.717) is 0 Å². The van der Waals surface area contributed by atoms with Crippen molar-refractivity contribution in [2.24, 2.45) is 5.73 Å². The van der Waals surface area contributed by atoms with Crippen LogP contribution in [0.4, 0.5) is 10.6 Å². The van der Waals surface area contributed by atoms with Crippen LogP contribution < -0.4 is 16.0 Å². The summed E-state index contributed by atoms with van der Waals surface area (Å²) in [7, 11) is 0. The van der Waals surface area contributed by atoms with Gasteiger partial charge in [-0.1, -0.05) is 6.07 Å². The lowest BCUT2D eigenvalue weighted by atomic mass is 10.1. The Labute approximate surface area is 101 Å². The number of carbonyl (C=O) groups is 1. The van der Waals surface area contributed by atoms with Crippen LogP contribution in [0.5, 0.6) is 0 Å². The van der Waals surface area contributed by atoms with Crippen molar-refractivity contribution in [1.82, 2.24) is 10.3 Å². The first-order valence-electron chi connectivity index (χ1n) is 5.90. The van der Waals surface area contributed by atoms with Crippen molar-refractivity contribution in [3.8, 4) is 0 Å². The Morgan fingerprint density at radius 2 is 2.18 bits per heavy atom. The van der Waals surface area contributed by atoms with Gasteiger partial charge < -0.3 is 16.0 Å². The van der Waals surface area contributed by atoms with Gasteiger partial charge in [0.2, 0.25) is 0 Å². The first kappa shape index (κ1) is 11.7. The maximum atomic E-state index is 10.7. The van der Waals surface area contributed by atoms with Crippen molar-refractivity contribution in [3.05, 3.63) is 23.9 Å². The van der Waals surface area contributed by atoms with E-state index >= 15 is 0 Å². The molecule has 1 saturated heterocycles. The summed E-state index contributed by atoms with van der Waals surface area (Å²) < 4.78 is 0. The molecule has 0 aliphatic carbocycles. The number of anilines is 1. The van der Waals surface area contributed by atoms with Crippen molar-refractivity contribution in [2.75, 3.05) is 18.0 Å². The van der Waals surface area contributed by atoms with Gasteiger partial charge >= 0.3 is 6.03 Å². The highest BCUT2D eigenvalue weighted by molar-refractivity contribution is 5.72. The summed E-state index contributed by atoms with van der Waals surface area (Å²) in [5.41, 5.74) is 6.14. The minimum Gasteiger partial charge on any atom is -0.356 e. The lowest BCUT2D eigenvalue weighted by Gasteiger charge is -2.32. The number of amides is 2. The minimum absolute atomic E-state index is 0.202. The summed E-state index contributed by atoms with van der Waals surface area (Å²) in [5, 5.41) is 2.76. The van der Waals surface area contributed by atoms with E-state index in [1.54, 1.807) is 0 Å². The molecule has 1 aromatic rings. The third-order valence-corrected chi connectivity index (χ3v) is 3.04. The number of nitrogens with one attached hydrogen (secondary N) is 1. The number of nitrogens with two attached hydrogens (primary N) is 1. The van der Waals surface area contributed by atoms with Crippen molar-refractivity contribution >= 4 is 11.8 Å². The highest BCUT2D eigenvalue weighted by atomic mass is 16.2. The van der Waals surface area contributed by atoms with Gasteiger partial charge in [-0.3, -0.25) is 0 Å². The van der Waals surface area contributed by atoms with E-state index in [0.717, 1.165) is 37.4 Å². The van der Waals surface area contributed by atoms with E-state index in [1.807, 2.05) is 25.1 Å². The van der Waals surface area contributed by atoms with Crippen LogP contribution in [0.2, 0.25) is 0 Å². The molecule has 0 saturated carbocycles. The van der Waals surface area contributed by atoms with Crippen LogP contribution in [0.1, 0.15) is 18.5 Å². The SMILES string of the molecule is Cc1cccc(N2CCC(NC(N)=O)CC2)n1. The molecule has 1 aliphatic heterocycles. The number of primary amides is 1. The third kappa shape index (κ3) is 3.09. The fourth-order valence-corrected chi connectivity index (χ4v) is 2.16. The zero-order valence-corrected chi connectivity index (χ0v) is 10.0. The van der Waals surface area contributed by atoms with Crippen LogP contribution in [0.3, 0.4) is 0 Å².